The first-order valence-electron chi connectivity index (χ1n) is 4.90. The van der Waals surface area contributed by atoms with E-state index in [4.69, 9.17) is 17.3 Å². The van der Waals surface area contributed by atoms with E-state index in [0.717, 1.165) is 33.8 Å². The van der Waals surface area contributed by atoms with Gasteiger partial charge < -0.3 is 10.2 Å². The van der Waals surface area contributed by atoms with Crippen LogP contribution in [0.2, 0.25) is 5.02 Å². The molecule has 0 radical (unpaired) electrons. The van der Waals surface area contributed by atoms with Crippen LogP contribution in [-0.4, -0.2) is 31.0 Å². The quantitative estimate of drug-likeness (QED) is 0.672. The number of likely N-dealkylation sites (N-methyl/N-ethyl adjacent to an activating group) is 1. The van der Waals surface area contributed by atoms with E-state index in [1.54, 1.807) is 0 Å². The molecule has 15 heavy (non-hydrogen) atoms. The molecule has 0 bridgehead atoms. The average molecular weight is 225 g/mol. The molecule has 3 nitrogen and oxygen atoms in total. The number of quaternary nitrogens is 1. The fraction of sp³-hybridized carbons (Fsp3) is 0.364. The summed E-state index contributed by atoms with van der Waals surface area (Å²) in [5.41, 5.74) is 7.97. The van der Waals surface area contributed by atoms with Gasteiger partial charge in [-0.25, -0.2) is 4.99 Å². The van der Waals surface area contributed by atoms with Crippen molar-refractivity contribution in [3.05, 3.63) is 28.8 Å². The van der Waals surface area contributed by atoms with E-state index >= 15 is 0 Å². The second-order valence-electron chi connectivity index (χ2n) is 4.63. The molecule has 0 spiro atoms. The summed E-state index contributed by atoms with van der Waals surface area (Å²) < 4.78 is 0.808. The molecule has 80 valence electrons. The van der Waals surface area contributed by atoms with E-state index in [-0.39, 0.29) is 0 Å². The number of fused-ring (bicyclic) bond motifs is 1. The molecule has 0 atom stereocenters. The summed E-state index contributed by atoms with van der Waals surface area (Å²) in [6, 6.07) is 5.75. The van der Waals surface area contributed by atoms with Gasteiger partial charge in [-0.15, -0.1) is 0 Å². The Hall–Kier alpha value is -1.06. The summed E-state index contributed by atoms with van der Waals surface area (Å²) in [7, 11) is 4.27. The Morgan fingerprint density at radius 1 is 1.33 bits per heavy atom. The number of rotatable bonds is 0. The highest BCUT2D eigenvalue weighted by molar-refractivity contribution is 6.30. The molecular formula is C11H15ClN3+. The number of nitrogens with zero attached hydrogens (tertiary/aromatic N) is 2. The monoisotopic (exact) mass is 224 g/mol. The second kappa shape index (κ2) is 3.51. The van der Waals surface area contributed by atoms with Gasteiger partial charge in [-0.2, -0.15) is 0 Å². The number of nitrogens with two attached hydrogens (primary N) is 1. The van der Waals surface area contributed by atoms with E-state index in [1.165, 1.54) is 0 Å². The predicted molar refractivity (Wildman–Crippen MR) is 63.4 cm³/mol. The zero-order chi connectivity index (χ0) is 11.1. The molecule has 0 fully saturated rings. The smallest absolute Gasteiger partial charge is 0.155 e. The van der Waals surface area contributed by atoms with E-state index in [2.05, 4.69) is 19.1 Å². The van der Waals surface area contributed by atoms with Crippen molar-refractivity contribution >= 4 is 23.1 Å². The lowest BCUT2D eigenvalue weighted by atomic mass is 10.1. The van der Waals surface area contributed by atoms with Crippen LogP contribution in [0, 0.1) is 0 Å². The summed E-state index contributed by atoms with van der Waals surface area (Å²) in [6.07, 6.45) is 0. The summed E-state index contributed by atoms with van der Waals surface area (Å²) >= 11 is 5.97. The topological polar surface area (TPSA) is 38.4 Å². The fourth-order valence-electron chi connectivity index (χ4n) is 1.94. The van der Waals surface area contributed by atoms with Crippen LogP contribution < -0.4 is 5.73 Å². The van der Waals surface area contributed by atoms with Crippen LogP contribution in [0.1, 0.15) is 5.56 Å². The fourth-order valence-corrected chi connectivity index (χ4v) is 2.13. The minimum absolute atomic E-state index is 0.682. The third kappa shape index (κ3) is 2.30. The highest BCUT2D eigenvalue weighted by atomic mass is 35.5. The average Bonchev–Trinajstić information content (AvgIpc) is 2.17. The minimum Gasteiger partial charge on any atom is -0.382 e. The first-order valence-corrected chi connectivity index (χ1v) is 5.27. The minimum atomic E-state index is 0.682. The van der Waals surface area contributed by atoms with Crippen LogP contribution >= 0.6 is 11.6 Å². The van der Waals surface area contributed by atoms with E-state index in [9.17, 15) is 0 Å². The molecule has 1 aliphatic rings. The highest BCUT2D eigenvalue weighted by Crippen LogP contribution is 2.27. The molecule has 0 aliphatic carbocycles. The molecule has 1 aliphatic heterocycles. The van der Waals surface area contributed by atoms with E-state index < -0.39 is 0 Å². The van der Waals surface area contributed by atoms with Crippen LogP contribution in [0.4, 0.5) is 5.69 Å². The van der Waals surface area contributed by atoms with Crippen molar-refractivity contribution in [2.75, 3.05) is 20.6 Å². The van der Waals surface area contributed by atoms with Crippen molar-refractivity contribution in [2.24, 2.45) is 10.7 Å². The Morgan fingerprint density at radius 3 is 2.80 bits per heavy atom. The Kier molecular flexibility index (Phi) is 2.44. The maximum absolute atomic E-state index is 5.97. The van der Waals surface area contributed by atoms with Gasteiger partial charge >= 0.3 is 0 Å². The molecule has 0 unspecified atom stereocenters. The lowest BCUT2D eigenvalue weighted by Crippen LogP contribution is -2.44. The Labute approximate surface area is 94.8 Å². The van der Waals surface area contributed by atoms with Crippen molar-refractivity contribution in [1.29, 1.82) is 0 Å². The Morgan fingerprint density at radius 2 is 2.07 bits per heavy atom. The first-order chi connectivity index (χ1) is 6.96. The molecule has 2 rings (SSSR count). The van der Waals surface area contributed by atoms with Gasteiger partial charge in [-0.3, -0.25) is 0 Å². The lowest BCUT2D eigenvalue weighted by Gasteiger charge is -2.27. The van der Waals surface area contributed by atoms with Crippen LogP contribution in [0.3, 0.4) is 0 Å². The van der Waals surface area contributed by atoms with E-state index in [1.807, 2.05) is 18.2 Å². The molecule has 1 heterocycles. The van der Waals surface area contributed by atoms with Crippen molar-refractivity contribution in [1.82, 2.24) is 0 Å². The van der Waals surface area contributed by atoms with Gasteiger partial charge in [0.15, 0.2) is 5.84 Å². The van der Waals surface area contributed by atoms with Crippen LogP contribution in [0.15, 0.2) is 23.2 Å². The molecule has 0 amide bonds. The molecule has 0 aromatic heterocycles. The maximum atomic E-state index is 5.97. The van der Waals surface area contributed by atoms with Crippen molar-refractivity contribution in [2.45, 2.75) is 6.54 Å². The van der Waals surface area contributed by atoms with Gasteiger partial charge in [0.1, 0.15) is 13.1 Å². The van der Waals surface area contributed by atoms with E-state index in [0.29, 0.717) is 5.84 Å². The molecule has 4 heteroatoms. The lowest BCUT2D eigenvalue weighted by molar-refractivity contribution is -0.894. The standard InChI is InChI=1S/C11H15ClN3/c1-15(2)6-8-5-9(12)3-4-10(8)14-11(13)7-15/h3-5H,6-7H2,1-2H3,(H2,13,14)/q+1. The van der Waals surface area contributed by atoms with Crippen LogP contribution in [-0.2, 0) is 6.54 Å². The number of halogens is 1. The Bertz CT molecular complexity index is 424. The number of benzene rings is 1. The van der Waals surface area contributed by atoms with Gasteiger partial charge in [0.25, 0.3) is 0 Å². The number of hydrogen-bond donors (Lipinski definition) is 1. The summed E-state index contributed by atoms with van der Waals surface area (Å²) in [6.45, 7) is 1.67. The SMILES string of the molecule is C[N+]1(C)CC(N)=Nc2ccc(Cl)cc2C1. The summed E-state index contributed by atoms with van der Waals surface area (Å²) in [4.78, 5) is 4.40. The Balaban J connectivity index is 2.52. The number of hydrogen-bond acceptors (Lipinski definition) is 2. The molecule has 0 saturated carbocycles. The number of aliphatic imine (C=N–C) groups is 1. The number of amidine groups is 1. The highest BCUT2D eigenvalue weighted by Gasteiger charge is 2.23. The van der Waals surface area contributed by atoms with Crippen molar-refractivity contribution in [3.8, 4) is 0 Å². The predicted octanol–water partition coefficient (Wildman–Crippen LogP) is 1.92. The molecule has 0 saturated heterocycles. The van der Waals surface area contributed by atoms with Crippen molar-refractivity contribution < 1.29 is 4.48 Å². The zero-order valence-corrected chi connectivity index (χ0v) is 9.75. The molecule has 1 aromatic rings. The molecule has 1 aromatic carbocycles. The van der Waals surface area contributed by atoms with Gasteiger partial charge in [0.05, 0.1) is 19.8 Å². The van der Waals surface area contributed by atoms with Crippen LogP contribution in [0.5, 0.6) is 0 Å². The summed E-state index contributed by atoms with van der Waals surface area (Å²) in [5.74, 6) is 0.682. The molecule has 2 N–H and O–H groups in total. The summed E-state index contributed by atoms with van der Waals surface area (Å²) in [5, 5.41) is 0.754. The van der Waals surface area contributed by atoms with Gasteiger partial charge in [-0.1, -0.05) is 11.6 Å². The normalized spacial score (nSPS) is 19.0. The van der Waals surface area contributed by atoms with Gasteiger partial charge in [-0.05, 0) is 18.2 Å². The molecular weight excluding hydrogens is 210 g/mol. The maximum Gasteiger partial charge on any atom is 0.155 e. The van der Waals surface area contributed by atoms with Gasteiger partial charge in [0.2, 0.25) is 0 Å². The van der Waals surface area contributed by atoms with Crippen molar-refractivity contribution in [3.63, 3.8) is 0 Å². The first kappa shape index (κ1) is 10.5. The second-order valence-corrected chi connectivity index (χ2v) is 5.06. The van der Waals surface area contributed by atoms with Crippen LogP contribution in [0.25, 0.3) is 0 Å². The van der Waals surface area contributed by atoms with Gasteiger partial charge in [0, 0.05) is 10.6 Å². The third-order valence-corrected chi connectivity index (χ3v) is 2.73. The third-order valence-electron chi connectivity index (χ3n) is 2.49. The largest absolute Gasteiger partial charge is 0.382 e. The zero-order valence-electron chi connectivity index (χ0n) is 9.00.